The van der Waals surface area contributed by atoms with E-state index in [9.17, 15) is 18.0 Å². The minimum absolute atomic E-state index is 0.115. The second-order valence-corrected chi connectivity index (χ2v) is 9.51. The van der Waals surface area contributed by atoms with Crippen molar-refractivity contribution in [3.05, 3.63) is 82.4 Å². The first kappa shape index (κ1) is 26.7. The van der Waals surface area contributed by atoms with E-state index >= 15 is 0 Å². The van der Waals surface area contributed by atoms with E-state index in [4.69, 9.17) is 14.2 Å². The van der Waals surface area contributed by atoms with Crippen LogP contribution in [0.1, 0.15) is 34.2 Å². The van der Waals surface area contributed by atoms with Gasteiger partial charge >= 0.3 is 12.1 Å². The number of carbonyl (C=O) groups is 1. The minimum atomic E-state index is -4.37. The van der Waals surface area contributed by atoms with Crippen molar-refractivity contribution in [2.24, 2.45) is 0 Å². The lowest BCUT2D eigenvalue weighted by molar-refractivity contribution is -0.143. The Kier molecular flexibility index (Phi) is 8.53. The fraction of sp³-hybridized carbons (Fsp3) is 0.321. The molecule has 0 radical (unpaired) electrons. The molecule has 0 saturated carbocycles. The summed E-state index contributed by atoms with van der Waals surface area (Å²) in [6.07, 6.45) is -1.47. The molecule has 0 heterocycles. The summed E-state index contributed by atoms with van der Waals surface area (Å²) in [6.45, 7) is 0.00215. The number of alkyl halides is 3. The van der Waals surface area contributed by atoms with Gasteiger partial charge in [-0.25, -0.2) is 4.79 Å². The van der Waals surface area contributed by atoms with Crippen molar-refractivity contribution >= 4 is 17.7 Å². The van der Waals surface area contributed by atoms with Crippen molar-refractivity contribution in [1.29, 1.82) is 0 Å². The summed E-state index contributed by atoms with van der Waals surface area (Å²) in [5.41, 5.74) is 3.34. The van der Waals surface area contributed by atoms with Crippen molar-refractivity contribution in [3.63, 3.8) is 0 Å². The molecule has 0 aliphatic heterocycles. The molecule has 196 valence electrons. The van der Waals surface area contributed by atoms with Crippen LogP contribution < -0.4 is 14.2 Å². The molecule has 0 aromatic heterocycles. The predicted octanol–water partition coefficient (Wildman–Crippen LogP) is 6.63. The SMILES string of the molecule is COC(=O)COc1ccc(SCc2ccc(OC)c(OCc3ccc(C(F)(F)F)cc3)c2)c2c1CCC2. The van der Waals surface area contributed by atoms with Gasteiger partial charge in [-0.2, -0.15) is 13.2 Å². The van der Waals surface area contributed by atoms with Crippen molar-refractivity contribution < 1.29 is 36.9 Å². The second kappa shape index (κ2) is 11.8. The van der Waals surface area contributed by atoms with Crippen LogP contribution in [0.25, 0.3) is 0 Å². The molecular formula is C28H27F3O5S. The predicted molar refractivity (Wildman–Crippen MR) is 134 cm³/mol. The molecular weight excluding hydrogens is 505 g/mol. The molecule has 0 unspecified atom stereocenters. The van der Waals surface area contributed by atoms with Crippen LogP contribution in [0, 0.1) is 0 Å². The van der Waals surface area contributed by atoms with Gasteiger partial charge in [-0.3, -0.25) is 0 Å². The third kappa shape index (κ3) is 6.71. The monoisotopic (exact) mass is 532 g/mol. The summed E-state index contributed by atoms with van der Waals surface area (Å²) >= 11 is 1.71. The fourth-order valence-electron chi connectivity index (χ4n) is 4.14. The number of benzene rings is 3. The zero-order chi connectivity index (χ0) is 26.4. The fourth-order valence-corrected chi connectivity index (χ4v) is 5.21. The molecule has 5 nitrogen and oxygen atoms in total. The number of fused-ring (bicyclic) bond motifs is 1. The molecule has 4 rings (SSSR count). The van der Waals surface area contributed by atoms with Crippen molar-refractivity contribution in [2.75, 3.05) is 20.8 Å². The third-order valence-electron chi connectivity index (χ3n) is 6.07. The summed E-state index contributed by atoms with van der Waals surface area (Å²) < 4.78 is 60.1. The Labute approximate surface area is 217 Å². The molecule has 0 spiro atoms. The lowest BCUT2D eigenvalue weighted by Gasteiger charge is -2.15. The van der Waals surface area contributed by atoms with Crippen molar-refractivity contribution in [2.45, 2.75) is 42.7 Å². The largest absolute Gasteiger partial charge is 0.493 e. The first-order chi connectivity index (χ1) is 17.8. The Hall–Kier alpha value is -3.33. The molecule has 1 aliphatic rings. The van der Waals surface area contributed by atoms with Crippen LogP contribution in [0.3, 0.4) is 0 Å². The van der Waals surface area contributed by atoms with Crippen LogP contribution in [0.2, 0.25) is 0 Å². The molecule has 0 fully saturated rings. The average Bonchev–Trinajstić information content (AvgIpc) is 3.40. The Morgan fingerprint density at radius 1 is 0.865 bits per heavy atom. The molecule has 37 heavy (non-hydrogen) atoms. The Balaban J connectivity index is 1.42. The molecule has 0 amide bonds. The smallest absolute Gasteiger partial charge is 0.416 e. The van der Waals surface area contributed by atoms with E-state index in [1.54, 1.807) is 18.9 Å². The molecule has 3 aromatic carbocycles. The van der Waals surface area contributed by atoms with Gasteiger partial charge in [0.1, 0.15) is 12.4 Å². The molecule has 0 atom stereocenters. The zero-order valence-electron chi connectivity index (χ0n) is 20.5. The average molecular weight is 533 g/mol. The Morgan fingerprint density at radius 2 is 1.57 bits per heavy atom. The normalized spacial score (nSPS) is 12.7. The number of thioether (sulfide) groups is 1. The first-order valence-electron chi connectivity index (χ1n) is 11.7. The highest BCUT2D eigenvalue weighted by molar-refractivity contribution is 7.98. The highest BCUT2D eigenvalue weighted by atomic mass is 32.2. The van der Waals surface area contributed by atoms with Gasteiger partial charge in [0, 0.05) is 10.6 Å². The summed E-state index contributed by atoms with van der Waals surface area (Å²) in [6, 6.07) is 14.5. The van der Waals surface area contributed by atoms with Crippen LogP contribution in [0.15, 0.2) is 59.5 Å². The molecule has 0 saturated heterocycles. The number of hydrogen-bond acceptors (Lipinski definition) is 6. The van der Waals surface area contributed by atoms with E-state index in [0.29, 0.717) is 22.8 Å². The van der Waals surface area contributed by atoms with Crippen LogP contribution >= 0.6 is 11.8 Å². The maximum atomic E-state index is 12.8. The number of halogens is 3. The van der Waals surface area contributed by atoms with Gasteiger partial charge < -0.3 is 18.9 Å². The van der Waals surface area contributed by atoms with Gasteiger partial charge in [-0.1, -0.05) is 18.2 Å². The lowest BCUT2D eigenvalue weighted by Crippen LogP contribution is -2.13. The number of hydrogen-bond donors (Lipinski definition) is 0. The highest BCUT2D eigenvalue weighted by Crippen LogP contribution is 2.39. The molecule has 0 N–H and O–H groups in total. The maximum Gasteiger partial charge on any atom is 0.416 e. The van der Waals surface area contributed by atoms with E-state index in [0.717, 1.165) is 48.3 Å². The molecule has 0 bridgehead atoms. The maximum absolute atomic E-state index is 12.8. The number of carbonyl (C=O) groups excluding carboxylic acids is 1. The van der Waals surface area contributed by atoms with E-state index in [2.05, 4.69) is 4.74 Å². The standard InChI is InChI=1S/C28H27F3O5S/c1-33-24-11-8-19(14-25(24)35-15-18-6-9-20(10-7-18)28(29,30)31)17-37-26-13-12-23(36-16-27(32)34-2)21-4-3-5-22(21)26/h6-14H,3-5,15-17H2,1-2H3. The Bertz CT molecular complexity index is 1240. The molecule has 3 aromatic rings. The van der Waals surface area contributed by atoms with Crippen molar-refractivity contribution in [3.8, 4) is 17.2 Å². The van der Waals surface area contributed by atoms with Gasteiger partial charge in [-0.15, -0.1) is 11.8 Å². The van der Waals surface area contributed by atoms with E-state index in [-0.39, 0.29) is 13.2 Å². The number of ether oxygens (including phenoxy) is 4. The van der Waals surface area contributed by atoms with Gasteiger partial charge in [0.05, 0.1) is 19.8 Å². The number of esters is 1. The molecule has 9 heteroatoms. The summed E-state index contributed by atoms with van der Waals surface area (Å²) in [4.78, 5) is 12.6. The van der Waals surface area contributed by atoms with E-state index in [1.807, 2.05) is 30.3 Å². The second-order valence-electron chi connectivity index (χ2n) is 8.49. The van der Waals surface area contributed by atoms with Gasteiger partial charge in [0.2, 0.25) is 0 Å². The zero-order valence-corrected chi connectivity index (χ0v) is 21.3. The van der Waals surface area contributed by atoms with E-state index < -0.39 is 17.7 Å². The van der Waals surface area contributed by atoms with Crippen LogP contribution in [-0.2, 0) is 40.9 Å². The summed E-state index contributed by atoms with van der Waals surface area (Å²) in [7, 11) is 2.88. The highest BCUT2D eigenvalue weighted by Gasteiger charge is 2.30. The van der Waals surface area contributed by atoms with Crippen molar-refractivity contribution in [1.82, 2.24) is 0 Å². The number of methoxy groups -OCH3 is 2. The number of rotatable bonds is 10. The third-order valence-corrected chi connectivity index (χ3v) is 7.24. The molecule has 1 aliphatic carbocycles. The van der Waals surface area contributed by atoms with Gasteiger partial charge in [-0.05, 0) is 77.9 Å². The van der Waals surface area contributed by atoms with Crippen LogP contribution in [0.5, 0.6) is 17.2 Å². The lowest BCUT2D eigenvalue weighted by atomic mass is 10.1. The van der Waals surface area contributed by atoms with Crippen LogP contribution in [-0.4, -0.2) is 26.8 Å². The minimum Gasteiger partial charge on any atom is -0.493 e. The van der Waals surface area contributed by atoms with Crippen LogP contribution in [0.4, 0.5) is 13.2 Å². The Morgan fingerprint density at radius 3 is 2.27 bits per heavy atom. The van der Waals surface area contributed by atoms with E-state index in [1.165, 1.54) is 29.7 Å². The topological polar surface area (TPSA) is 54.0 Å². The van der Waals surface area contributed by atoms with Gasteiger partial charge in [0.25, 0.3) is 0 Å². The summed E-state index contributed by atoms with van der Waals surface area (Å²) in [5.74, 6) is 2.08. The summed E-state index contributed by atoms with van der Waals surface area (Å²) in [5, 5.41) is 0. The van der Waals surface area contributed by atoms with Gasteiger partial charge in [0.15, 0.2) is 18.1 Å². The quantitative estimate of drug-likeness (QED) is 0.216. The first-order valence-corrected chi connectivity index (χ1v) is 12.7.